The molecule has 138 valence electrons. The minimum atomic E-state index is 0.122. The second-order valence-electron chi connectivity index (χ2n) is 7.18. The van der Waals surface area contributed by atoms with Crippen molar-refractivity contribution in [1.82, 2.24) is 4.90 Å². The van der Waals surface area contributed by atoms with E-state index < -0.39 is 0 Å². The molecule has 0 radical (unpaired) electrons. The molecule has 1 amide bonds. The van der Waals surface area contributed by atoms with Gasteiger partial charge in [-0.3, -0.25) is 9.69 Å². The molecule has 1 N–H and O–H groups in total. The number of nitrogens with one attached hydrogen (secondary N) is 1. The third-order valence-electron chi connectivity index (χ3n) is 5.45. The fraction of sp³-hybridized carbons (Fsp3) is 0.435. The molecule has 0 atom stereocenters. The first-order valence-electron chi connectivity index (χ1n) is 9.89. The van der Waals surface area contributed by atoms with Crippen molar-refractivity contribution < 1.29 is 4.79 Å². The number of piperidine rings is 1. The van der Waals surface area contributed by atoms with Gasteiger partial charge in [-0.25, -0.2) is 0 Å². The first kappa shape index (κ1) is 18.7. The Bertz CT molecular complexity index is 696. The van der Waals surface area contributed by atoms with Crippen LogP contribution >= 0.6 is 0 Å². The Balaban J connectivity index is 1.57. The normalized spacial score (nSPS) is 15.8. The average molecular weight is 351 g/mol. The molecule has 1 saturated heterocycles. The fourth-order valence-electron chi connectivity index (χ4n) is 3.82. The van der Waals surface area contributed by atoms with Crippen LogP contribution in [0.25, 0.3) is 0 Å². The molecule has 3 heteroatoms. The molecule has 1 aliphatic rings. The minimum absolute atomic E-state index is 0.122. The summed E-state index contributed by atoms with van der Waals surface area (Å²) in [6, 6.07) is 16.9. The zero-order valence-electron chi connectivity index (χ0n) is 16.0. The number of carbonyl (C=O) groups is 1. The van der Waals surface area contributed by atoms with Gasteiger partial charge in [0.2, 0.25) is 5.91 Å². The molecule has 0 bridgehead atoms. The summed E-state index contributed by atoms with van der Waals surface area (Å²) in [7, 11) is 0. The smallest absolute Gasteiger partial charge is 0.227 e. The van der Waals surface area contributed by atoms with Crippen LogP contribution in [0, 0.1) is 5.92 Å². The molecule has 0 spiro atoms. The van der Waals surface area contributed by atoms with Crippen molar-refractivity contribution in [2.45, 2.75) is 46.1 Å². The Hall–Kier alpha value is -2.13. The maximum absolute atomic E-state index is 12.8. The zero-order valence-corrected chi connectivity index (χ0v) is 16.0. The molecule has 0 saturated carbocycles. The summed E-state index contributed by atoms with van der Waals surface area (Å²) in [6.45, 7) is 7.25. The lowest BCUT2D eigenvalue weighted by atomic mass is 9.94. The lowest BCUT2D eigenvalue weighted by Crippen LogP contribution is -2.38. The Labute approximate surface area is 157 Å². The van der Waals surface area contributed by atoms with Crippen molar-refractivity contribution >= 4 is 11.6 Å². The quantitative estimate of drug-likeness (QED) is 0.821. The summed E-state index contributed by atoms with van der Waals surface area (Å²) < 4.78 is 0. The second kappa shape index (κ2) is 9.00. The average Bonchev–Trinajstić information content (AvgIpc) is 2.69. The number of amides is 1. The van der Waals surface area contributed by atoms with Gasteiger partial charge in [-0.05, 0) is 55.5 Å². The zero-order chi connectivity index (χ0) is 18.4. The van der Waals surface area contributed by atoms with E-state index in [9.17, 15) is 4.79 Å². The number of benzene rings is 2. The molecule has 2 aromatic rings. The Kier molecular flexibility index (Phi) is 6.45. The van der Waals surface area contributed by atoms with Crippen molar-refractivity contribution in [1.29, 1.82) is 0 Å². The summed E-state index contributed by atoms with van der Waals surface area (Å²) >= 11 is 0. The number of carbonyl (C=O) groups excluding carboxylic acids is 1. The summed E-state index contributed by atoms with van der Waals surface area (Å²) in [5.41, 5.74) is 4.87. The number of hydrogen-bond acceptors (Lipinski definition) is 2. The first-order chi connectivity index (χ1) is 12.7. The van der Waals surface area contributed by atoms with Crippen molar-refractivity contribution in [2.24, 2.45) is 5.92 Å². The highest BCUT2D eigenvalue weighted by molar-refractivity contribution is 5.94. The molecule has 0 aromatic heterocycles. The molecule has 1 fully saturated rings. The van der Waals surface area contributed by atoms with E-state index in [-0.39, 0.29) is 11.8 Å². The predicted octanol–water partition coefficient (Wildman–Crippen LogP) is 4.66. The number of likely N-dealkylation sites (tertiary alicyclic amines) is 1. The minimum Gasteiger partial charge on any atom is -0.325 e. The van der Waals surface area contributed by atoms with Crippen molar-refractivity contribution in [3.8, 4) is 0 Å². The fourth-order valence-corrected chi connectivity index (χ4v) is 3.82. The van der Waals surface area contributed by atoms with Crippen LogP contribution in [-0.2, 0) is 24.2 Å². The van der Waals surface area contributed by atoms with Crippen molar-refractivity contribution in [3.05, 3.63) is 65.2 Å². The number of anilines is 1. The van der Waals surface area contributed by atoms with Crippen LogP contribution in [-0.4, -0.2) is 23.9 Å². The highest BCUT2D eigenvalue weighted by Crippen LogP contribution is 2.26. The van der Waals surface area contributed by atoms with E-state index in [0.717, 1.165) is 51.0 Å². The van der Waals surface area contributed by atoms with Gasteiger partial charge < -0.3 is 5.32 Å². The maximum Gasteiger partial charge on any atom is 0.227 e. The predicted molar refractivity (Wildman–Crippen MR) is 108 cm³/mol. The topological polar surface area (TPSA) is 32.3 Å². The monoisotopic (exact) mass is 350 g/mol. The number of nitrogens with zero attached hydrogens (tertiary/aromatic N) is 1. The van der Waals surface area contributed by atoms with Crippen molar-refractivity contribution in [2.75, 3.05) is 18.4 Å². The van der Waals surface area contributed by atoms with E-state index in [1.165, 1.54) is 16.7 Å². The SMILES string of the molecule is CCc1cccc(CC)c1NC(=O)C1CCN(Cc2ccccc2)CC1. The van der Waals surface area contributed by atoms with Gasteiger partial charge in [0.05, 0.1) is 0 Å². The van der Waals surface area contributed by atoms with Crippen LogP contribution in [0.4, 0.5) is 5.69 Å². The van der Waals surface area contributed by atoms with Gasteiger partial charge in [0.15, 0.2) is 0 Å². The largest absolute Gasteiger partial charge is 0.325 e. The molecule has 3 rings (SSSR count). The van der Waals surface area contributed by atoms with E-state index in [4.69, 9.17) is 0 Å². The van der Waals surface area contributed by atoms with Gasteiger partial charge in [0.1, 0.15) is 0 Å². The molecular formula is C23H30N2O. The van der Waals surface area contributed by atoms with Crippen LogP contribution < -0.4 is 5.32 Å². The Morgan fingerprint density at radius 2 is 1.58 bits per heavy atom. The summed E-state index contributed by atoms with van der Waals surface area (Å²) in [5, 5.41) is 3.26. The Morgan fingerprint density at radius 3 is 2.15 bits per heavy atom. The van der Waals surface area contributed by atoms with Gasteiger partial charge in [-0.15, -0.1) is 0 Å². The standard InChI is InChI=1S/C23H30N2O/c1-3-19-11-8-12-20(4-2)22(19)24-23(26)21-13-15-25(16-14-21)17-18-9-6-5-7-10-18/h5-12,21H,3-4,13-17H2,1-2H3,(H,24,26). The van der Waals surface area contributed by atoms with E-state index in [1.54, 1.807) is 0 Å². The van der Waals surface area contributed by atoms with Crippen molar-refractivity contribution in [3.63, 3.8) is 0 Å². The molecule has 1 heterocycles. The first-order valence-corrected chi connectivity index (χ1v) is 9.89. The third-order valence-corrected chi connectivity index (χ3v) is 5.45. The van der Waals surface area contributed by atoms with E-state index in [0.29, 0.717) is 0 Å². The second-order valence-corrected chi connectivity index (χ2v) is 7.18. The van der Waals surface area contributed by atoms with Crippen LogP contribution in [0.5, 0.6) is 0 Å². The lowest BCUT2D eigenvalue weighted by Gasteiger charge is -2.31. The Morgan fingerprint density at radius 1 is 0.962 bits per heavy atom. The van der Waals surface area contributed by atoms with Gasteiger partial charge in [-0.2, -0.15) is 0 Å². The molecule has 0 unspecified atom stereocenters. The molecule has 1 aliphatic heterocycles. The molecule has 3 nitrogen and oxygen atoms in total. The van der Waals surface area contributed by atoms with Gasteiger partial charge in [-0.1, -0.05) is 62.4 Å². The highest BCUT2D eigenvalue weighted by atomic mass is 16.1. The van der Waals surface area contributed by atoms with Crippen LogP contribution in [0.1, 0.15) is 43.4 Å². The number of rotatable bonds is 6. The summed E-state index contributed by atoms with van der Waals surface area (Å²) in [6.07, 6.45) is 3.76. The molecular weight excluding hydrogens is 320 g/mol. The van der Waals surface area contributed by atoms with Gasteiger partial charge in [0.25, 0.3) is 0 Å². The molecule has 2 aromatic carbocycles. The van der Waals surface area contributed by atoms with Crippen LogP contribution in [0.2, 0.25) is 0 Å². The number of para-hydroxylation sites is 1. The molecule has 0 aliphatic carbocycles. The van der Waals surface area contributed by atoms with Gasteiger partial charge >= 0.3 is 0 Å². The van der Waals surface area contributed by atoms with Crippen LogP contribution in [0.15, 0.2) is 48.5 Å². The third kappa shape index (κ3) is 4.53. The highest BCUT2D eigenvalue weighted by Gasteiger charge is 2.25. The summed E-state index contributed by atoms with van der Waals surface area (Å²) in [5.74, 6) is 0.316. The van der Waals surface area contributed by atoms with Crippen LogP contribution in [0.3, 0.4) is 0 Å². The number of aryl methyl sites for hydroxylation is 2. The van der Waals surface area contributed by atoms with Gasteiger partial charge in [0, 0.05) is 18.2 Å². The summed E-state index contributed by atoms with van der Waals surface area (Å²) in [4.78, 5) is 15.3. The molecule has 26 heavy (non-hydrogen) atoms. The van der Waals surface area contributed by atoms with E-state index in [2.05, 4.69) is 72.6 Å². The maximum atomic E-state index is 12.8. The number of hydrogen-bond donors (Lipinski definition) is 1. The van der Waals surface area contributed by atoms with E-state index in [1.807, 2.05) is 0 Å². The van der Waals surface area contributed by atoms with E-state index >= 15 is 0 Å². The lowest BCUT2D eigenvalue weighted by molar-refractivity contribution is -0.121.